The van der Waals surface area contributed by atoms with Gasteiger partial charge in [-0.05, 0) is 39.8 Å². The molecule has 140 valence electrons. The van der Waals surface area contributed by atoms with Gasteiger partial charge in [0.2, 0.25) is 0 Å². The highest BCUT2D eigenvalue weighted by molar-refractivity contribution is 7.55. The molecule has 1 aliphatic heterocycles. The molecule has 2 unspecified atom stereocenters. The summed E-state index contributed by atoms with van der Waals surface area (Å²) in [4.78, 5) is 26.7. The molecule has 0 radical (unpaired) electrons. The van der Waals surface area contributed by atoms with Crippen molar-refractivity contribution in [2.75, 3.05) is 47.1 Å². The maximum atomic E-state index is 13.2. The average Bonchev–Trinajstić information content (AvgIpc) is 3.06. The molecular formula is C15H28NO7P. The molecule has 0 spiro atoms. The van der Waals surface area contributed by atoms with Crippen LogP contribution >= 0.6 is 7.60 Å². The molecule has 0 saturated carbocycles. The van der Waals surface area contributed by atoms with E-state index in [0.29, 0.717) is 0 Å². The number of hydrogen-bond donors (Lipinski definition) is 0. The Morgan fingerprint density at radius 2 is 1.50 bits per heavy atom. The van der Waals surface area contributed by atoms with Crippen molar-refractivity contribution in [2.45, 2.75) is 32.3 Å². The summed E-state index contributed by atoms with van der Waals surface area (Å²) in [7, 11) is -1.47. The van der Waals surface area contributed by atoms with E-state index in [2.05, 4.69) is 0 Å². The van der Waals surface area contributed by atoms with Gasteiger partial charge in [-0.2, -0.15) is 0 Å². The molecule has 1 heterocycles. The zero-order chi connectivity index (χ0) is 18.2. The van der Waals surface area contributed by atoms with Crippen LogP contribution < -0.4 is 0 Å². The standard InChI is InChI=1S/C15H28NO7P/c1-5-22-24(19,23-6-2)13(15(18)21-4)12(14(17)20-3)11-16-9-7-8-10-16/h12-13H,5-11H2,1-4H3. The van der Waals surface area contributed by atoms with Gasteiger partial charge in [-0.15, -0.1) is 0 Å². The van der Waals surface area contributed by atoms with Crippen LogP contribution in [0.1, 0.15) is 26.7 Å². The molecule has 0 aromatic heterocycles. The Bertz CT molecular complexity index is 455. The van der Waals surface area contributed by atoms with Crippen molar-refractivity contribution in [3.05, 3.63) is 0 Å². The van der Waals surface area contributed by atoms with Crippen LogP contribution in [0.5, 0.6) is 0 Å². The van der Waals surface area contributed by atoms with Crippen LogP contribution in [0.2, 0.25) is 0 Å². The number of ether oxygens (including phenoxy) is 2. The van der Waals surface area contributed by atoms with Gasteiger partial charge < -0.3 is 23.4 Å². The zero-order valence-corrected chi connectivity index (χ0v) is 15.8. The SMILES string of the molecule is CCOP(=O)(OCC)C(C(=O)OC)C(CN1CCCC1)C(=O)OC. The average molecular weight is 365 g/mol. The first-order valence-corrected chi connectivity index (χ1v) is 9.81. The summed E-state index contributed by atoms with van der Waals surface area (Å²) < 4.78 is 33.4. The summed E-state index contributed by atoms with van der Waals surface area (Å²) in [5.74, 6) is -2.41. The minimum absolute atomic E-state index is 0.0857. The molecular weight excluding hydrogens is 337 g/mol. The summed E-state index contributed by atoms with van der Waals surface area (Å²) in [6.07, 6.45) is 2.04. The van der Waals surface area contributed by atoms with Gasteiger partial charge in [-0.1, -0.05) is 0 Å². The predicted molar refractivity (Wildman–Crippen MR) is 87.8 cm³/mol. The Morgan fingerprint density at radius 1 is 1.00 bits per heavy atom. The van der Waals surface area contributed by atoms with Crippen molar-refractivity contribution in [2.24, 2.45) is 5.92 Å². The number of methoxy groups -OCH3 is 2. The van der Waals surface area contributed by atoms with Gasteiger partial charge in [0, 0.05) is 6.54 Å². The van der Waals surface area contributed by atoms with Crippen LogP contribution in [-0.2, 0) is 32.7 Å². The molecule has 24 heavy (non-hydrogen) atoms. The molecule has 0 N–H and O–H groups in total. The normalized spacial score (nSPS) is 18.2. The Hall–Kier alpha value is -0.950. The maximum absolute atomic E-state index is 13.2. The van der Waals surface area contributed by atoms with Crippen molar-refractivity contribution in [1.82, 2.24) is 4.90 Å². The quantitative estimate of drug-likeness (QED) is 0.427. The Balaban J connectivity index is 3.20. The Kier molecular flexibility index (Phi) is 8.91. The van der Waals surface area contributed by atoms with Crippen LogP contribution in [0.25, 0.3) is 0 Å². The fourth-order valence-electron chi connectivity index (χ4n) is 2.89. The molecule has 0 aromatic carbocycles. The van der Waals surface area contributed by atoms with Gasteiger partial charge in [-0.3, -0.25) is 14.2 Å². The third kappa shape index (κ3) is 5.28. The Labute approximate surface area is 143 Å². The molecule has 0 aliphatic carbocycles. The smallest absolute Gasteiger partial charge is 0.345 e. The fourth-order valence-corrected chi connectivity index (χ4v) is 5.03. The first-order valence-electron chi connectivity index (χ1n) is 8.20. The van der Waals surface area contributed by atoms with Crippen molar-refractivity contribution in [3.63, 3.8) is 0 Å². The number of carbonyl (C=O) groups is 2. The second-order valence-electron chi connectivity index (χ2n) is 5.48. The Morgan fingerprint density at radius 3 is 1.92 bits per heavy atom. The highest BCUT2D eigenvalue weighted by Crippen LogP contribution is 2.56. The minimum atomic E-state index is -3.88. The van der Waals surface area contributed by atoms with Crippen LogP contribution in [0, 0.1) is 5.92 Å². The van der Waals surface area contributed by atoms with Crippen molar-refractivity contribution >= 4 is 19.5 Å². The van der Waals surface area contributed by atoms with E-state index in [-0.39, 0.29) is 19.8 Å². The highest BCUT2D eigenvalue weighted by atomic mass is 31.2. The van der Waals surface area contributed by atoms with Crippen molar-refractivity contribution in [1.29, 1.82) is 0 Å². The summed E-state index contributed by atoms with van der Waals surface area (Å²) in [5.41, 5.74) is -1.35. The lowest BCUT2D eigenvalue weighted by Crippen LogP contribution is -2.44. The molecule has 9 heteroatoms. The number of esters is 2. The minimum Gasteiger partial charge on any atom is -0.469 e. The molecule has 1 fully saturated rings. The summed E-state index contributed by atoms with van der Waals surface area (Å²) >= 11 is 0. The third-order valence-electron chi connectivity index (χ3n) is 3.94. The molecule has 0 amide bonds. The van der Waals surface area contributed by atoms with E-state index in [1.165, 1.54) is 14.2 Å². The van der Waals surface area contributed by atoms with Gasteiger partial charge in [-0.25, -0.2) is 0 Å². The predicted octanol–water partition coefficient (Wildman–Crippen LogP) is 1.68. The topological polar surface area (TPSA) is 91.4 Å². The molecule has 8 nitrogen and oxygen atoms in total. The van der Waals surface area contributed by atoms with Crippen LogP contribution in [0.3, 0.4) is 0 Å². The summed E-state index contributed by atoms with van der Waals surface area (Å²) in [6.45, 7) is 5.34. The first-order chi connectivity index (χ1) is 11.4. The molecule has 1 aliphatic rings. The second-order valence-corrected chi connectivity index (χ2v) is 7.63. The van der Waals surface area contributed by atoms with E-state index in [4.69, 9.17) is 18.5 Å². The molecule has 1 saturated heterocycles. The second kappa shape index (κ2) is 10.1. The van der Waals surface area contributed by atoms with Crippen LogP contribution in [0.15, 0.2) is 0 Å². The van der Waals surface area contributed by atoms with Gasteiger partial charge in [0.15, 0.2) is 5.66 Å². The van der Waals surface area contributed by atoms with Crippen LogP contribution in [0.4, 0.5) is 0 Å². The number of hydrogen-bond acceptors (Lipinski definition) is 8. The van der Waals surface area contributed by atoms with Crippen molar-refractivity contribution in [3.8, 4) is 0 Å². The lowest BCUT2D eigenvalue weighted by molar-refractivity contribution is -0.152. The first kappa shape index (κ1) is 21.1. The molecule has 0 bridgehead atoms. The highest BCUT2D eigenvalue weighted by Gasteiger charge is 2.51. The van der Waals surface area contributed by atoms with E-state index < -0.39 is 31.1 Å². The van der Waals surface area contributed by atoms with E-state index in [1.807, 2.05) is 4.90 Å². The van der Waals surface area contributed by atoms with Gasteiger partial charge in [0.25, 0.3) is 0 Å². The molecule has 1 rings (SSSR count). The molecule has 0 aromatic rings. The van der Waals surface area contributed by atoms with Crippen LogP contribution in [-0.4, -0.2) is 69.6 Å². The van der Waals surface area contributed by atoms with E-state index in [9.17, 15) is 14.2 Å². The monoisotopic (exact) mass is 365 g/mol. The van der Waals surface area contributed by atoms with Gasteiger partial charge in [0.1, 0.15) is 0 Å². The maximum Gasteiger partial charge on any atom is 0.345 e. The molecule has 2 atom stereocenters. The third-order valence-corrected chi connectivity index (χ3v) is 6.43. The fraction of sp³-hybridized carbons (Fsp3) is 0.867. The van der Waals surface area contributed by atoms with E-state index in [0.717, 1.165) is 25.9 Å². The lowest BCUT2D eigenvalue weighted by atomic mass is 10.0. The van der Waals surface area contributed by atoms with Gasteiger partial charge >= 0.3 is 19.5 Å². The lowest BCUT2D eigenvalue weighted by Gasteiger charge is -2.31. The van der Waals surface area contributed by atoms with E-state index >= 15 is 0 Å². The summed E-state index contributed by atoms with van der Waals surface area (Å²) in [6, 6.07) is 0. The largest absolute Gasteiger partial charge is 0.469 e. The van der Waals surface area contributed by atoms with E-state index in [1.54, 1.807) is 13.8 Å². The zero-order valence-electron chi connectivity index (χ0n) is 14.9. The number of likely N-dealkylation sites (tertiary alicyclic amines) is 1. The summed E-state index contributed by atoms with van der Waals surface area (Å²) in [5, 5.41) is 0. The van der Waals surface area contributed by atoms with Crippen molar-refractivity contribution < 1.29 is 32.7 Å². The number of nitrogens with zero attached hydrogens (tertiary/aromatic N) is 1. The number of rotatable bonds is 10. The number of carbonyl (C=O) groups excluding carboxylic acids is 2. The van der Waals surface area contributed by atoms with Gasteiger partial charge in [0.05, 0.1) is 33.4 Å².